The lowest BCUT2D eigenvalue weighted by Gasteiger charge is -2.37. The maximum atomic E-state index is 12.9. The normalized spacial score (nSPS) is 17.4. The van der Waals surface area contributed by atoms with Gasteiger partial charge in [0, 0.05) is 31.7 Å². The van der Waals surface area contributed by atoms with E-state index in [0.717, 1.165) is 11.1 Å². The van der Waals surface area contributed by atoms with Gasteiger partial charge in [-0.25, -0.2) is 0 Å². The third-order valence-corrected chi connectivity index (χ3v) is 7.01. The van der Waals surface area contributed by atoms with Gasteiger partial charge in [0.2, 0.25) is 17.9 Å². The Morgan fingerprint density at radius 1 is 0.971 bits per heavy atom. The number of aromatic nitrogens is 2. The molecule has 0 radical (unpaired) electrons. The molecule has 0 saturated carbocycles. The summed E-state index contributed by atoms with van der Waals surface area (Å²) in [4.78, 5) is 29.1. The van der Waals surface area contributed by atoms with Crippen LogP contribution in [0.5, 0.6) is 11.5 Å². The molecule has 2 amide bonds. The van der Waals surface area contributed by atoms with Crippen LogP contribution in [-0.2, 0) is 9.59 Å². The molecule has 1 saturated heterocycles. The summed E-state index contributed by atoms with van der Waals surface area (Å²) in [5, 5.41) is 8.53. The smallest absolute Gasteiger partial charge is 0.277 e. The first kappa shape index (κ1) is 23.2. The number of carbonyl (C=O) groups excluding carboxylic acids is 2. The largest absolute Gasteiger partial charge is 0.485 e. The Morgan fingerprint density at radius 2 is 1.71 bits per heavy atom. The van der Waals surface area contributed by atoms with Crippen LogP contribution in [0.2, 0.25) is 0 Å². The van der Waals surface area contributed by atoms with Gasteiger partial charge in [0.25, 0.3) is 11.1 Å². The second kappa shape index (κ2) is 9.99. The maximum absolute atomic E-state index is 12.9. The monoisotopic (exact) mass is 494 g/mol. The molecule has 2 aromatic carbocycles. The lowest BCUT2D eigenvalue weighted by atomic mass is 10.1. The van der Waals surface area contributed by atoms with Gasteiger partial charge >= 0.3 is 0 Å². The van der Waals surface area contributed by atoms with Crippen LogP contribution in [-0.4, -0.2) is 76.5 Å². The molecule has 0 aliphatic carbocycles. The van der Waals surface area contributed by atoms with Crippen LogP contribution >= 0.6 is 11.8 Å². The Hall–Kier alpha value is -3.53. The van der Waals surface area contributed by atoms with Gasteiger partial charge in [-0.2, -0.15) is 0 Å². The predicted octanol–water partition coefficient (Wildman–Crippen LogP) is 2.96. The number of ether oxygens (including phenoxy) is 2. The maximum Gasteiger partial charge on any atom is 0.277 e. The van der Waals surface area contributed by atoms with E-state index in [9.17, 15) is 9.59 Å². The number of amides is 2. The SMILES string of the molecule is Cc1ccc(-c2nnc(SCC(=O)N3CCN(C(=O)[C@@H]4COc5ccccc5O4)CC3)o2)cc1C. The van der Waals surface area contributed by atoms with E-state index in [1.807, 2.05) is 50.2 Å². The lowest BCUT2D eigenvalue weighted by Crippen LogP contribution is -2.55. The summed E-state index contributed by atoms with van der Waals surface area (Å²) in [5.41, 5.74) is 3.20. The molecule has 5 rings (SSSR count). The Labute approximate surface area is 207 Å². The van der Waals surface area contributed by atoms with Gasteiger partial charge in [-0.1, -0.05) is 30.0 Å². The summed E-state index contributed by atoms with van der Waals surface area (Å²) in [7, 11) is 0. The summed E-state index contributed by atoms with van der Waals surface area (Å²) in [6, 6.07) is 13.3. The average Bonchev–Trinajstić information content (AvgIpc) is 3.37. The van der Waals surface area contributed by atoms with Crippen molar-refractivity contribution >= 4 is 23.6 Å². The molecule has 2 aliphatic rings. The van der Waals surface area contributed by atoms with Crippen molar-refractivity contribution in [3.8, 4) is 23.0 Å². The Bertz CT molecular complexity index is 1240. The summed E-state index contributed by atoms with van der Waals surface area (Å²) < 4.78 is 17.2. The number of nitrogens with zero attached hydrogens (tertiary/aromatic N) is 4. The van der Waals surface area contributed by atoms with Crippen molar-refractivity contribution < 1.29 is 23.5 Å². The Morgan fingerprint density at radius 3 is 2.49 bits per heavy atom. The number of piperazine rings is 1. The van der Waals surface area contributed by atoms with E-state index in [2.05, 4.69) is 10.2 Å². The molecule has 0 spiro atoms. The van der Waals surface area contributed by atoms with E-state index < -0.39 is 6.10 Å². The van der Waals surface area contributed by atoms with E-state index in [0.29, 0.717) is 48.8 Å². The summed E-state index contributed by atoms with van der Waals surface area (Å²) in [5.74, 6) is 1.70. The molecule has 10 heteroatoms. The summed E-state index contributed by atoms with van der Waals surface area (Å²) >= 11 is 1.22. The minimum absolute atomic E-state index is 0.0285. The number of rotatable bonds is 5. The van der Waals surface area contributed by atoms with Crippen LogP contribution in [0.25, 0.3) is 11.5 Å². The van der Waals surface area contributed by atoms with Gasteiger partial charge in [0.1, 0.15) is 6.61 Å². The van der Waals surface area contributed by atoms with Crippen molar-refractivity contribution in [1.29, 1.82) is 0 Å². The molecular weight excluding hydrogens is 468 g/mol. The Balaban J connectivity index is 1.10. The number of carbonyl (C=O) groups is 2. The highest BCUT2D eigenvalue weighted by Gasteiger charge is 2.33. The van der Waals surface area contributed by atoms with Crippen LogP contribution in [0.4, 0.5) is 0 Å². The summed E-state index contributed by atoms with van der Waals surface area (Å²) in [6.07, 6.45) is -0.674. The highest BCUT2D eigenvalue weighted by Crippen LogP contribution is 2.31. The molecular formula is C25H26N4O5S. The fourth-order valence-electron chi connectivity index (χ4n) is 4.00. The third-order valence-electron chi connectivity index (χ3n) is 6.21. The fraction of sp³-hybridized carbons (Fsp3) is 0.360. The van der Waals surface area contributed by atoms with Gasteiger partial charge in [0.15, 0.2) is 11.5 Å². The second-order valence-electron chi connectivity index (χ2n) is 8.53. The predicted molar refractivity (Wildman–Crippen MR) is 129 cm³/mol. The zero-order chi connectivity index (χ0) is 24.4. The zero-order valence-electron chi connectivity index (χ0n) is 19.6. The fourth-order valence-corrected chi connectivity index (χ4v) is 4.66. The molecule has 1 fully saturated rings. The molecule has 35 heavy (non-hydrogen) atoms. The molecule has 1 aromatic heterocycles. The van der Waals surface area contributed by atoms with Gasteiger partial charge < -0.3 is 23.7 Å². The van der Waals surface area contributed by atoms with Gasteiger partial charge in [-0.15, -0.1) is 10.2 Å². The molecule has 0 unspecified atom stereocenters. The van der Waals surface area contributed by atoms with E-state index >= 15 is 0 Å². The van der Waals surface area contributed by atoms with E-state index in [1.165, 1.54) is 17.3 Å². The van der Waals surface area contributed by atoms with Gasteiger partial charge in [-0.3, -0.25) is 9.59 Å². The number of para-hydroxylation sites is 2. The number of aryl methyl sites for hydroxylation is 2. The number of hydrogen-bond donors (Lipinski definition) is 0. The molecule has 2 aliphatic heterocycles. The van der Waals surface area contributed by atoms with Crippen molar-refractivity contribution in [3.63, 3.8) is 0 Å². The highest BCUT2D eigenvalue weighted by atomic mass is 32.2. The van der Waals surface area contributed by atoms with Crippen LogP contribution in [0.15, 0.2) is 52.1 Å². The molecule has 182 valence electrons. The van der Waals surface area contributed by atoms with Crippen molar-refractivity contribution in [2.75, 3.05) is 38.5 Å². The van der Waals surface area contributed by atoms with Crippen molar-refractivity contribution in [2.45, 2.75) is 25.2 Å². The van der Waals surface area contributed by atoms with Gasteiger partial charge in [-0.05, 0) is 49.2 Å². The van der Waals surface area contributed by atoms with Crippen LogP contribution in [0, 0.1) is 13.8 Å². The molecule has 1 atom stereocenters. The van der Waals surface area contributed by atoms with Gasteiger partial charge in [0.05, 0.1) is 5.75 Å². The number of fused-ring (bicyclic) bond motifs is 1. The molecule has 3 heterocycles. The number of benzene rings is 2. The van der Waals surface area contributed by atoms with Crippen LogP contribution in [0.3, 0.4) is 0 Å². The summed E-state index contributed by atoms with van der Waals surface area (Å²) in [6.45, 7) is 6.10. The van der Waals surface area contributed by atoms with Crippen molar-refractivity contribution in [1.82, 2.24) is 20.0 Å². The highest BCUT2D eigenvalue weighted by molar-refractivity contribution is 7.99. The van der Waals surface area contributed by atoms with E-state index in [-0.39, 0.29) is 24.2 Å². The number of hydrogen-bond acceptors (Lipinski definition) is 8. The first-order valence-electron chi connectivity index (χ1n) is 11.5. The van der Waals surface area contributed by atoms with Crippen LogP contribution in [0.1, 0.15) is 11.1 Å². The molecule has 3 aromatic rings. The molecule has 9 nitrogen and oxygen atoms in total. The lowest BCUT2D eigenvalue weighted by molar-refractivity contribution is -0.145. The Kier molecular flexibility index (Phi) is 6.63. The molecule has 0 bridgehead atoms. The van der Waals surface area contributed by atoms with E-state index in [1.54, 1.807) is 15.9 Å². The minimum Gasteiger partial charge on any atom is -0.485 e. The minimum atomic E-state index is -0.674. The first-order valence-corrected chi connectivity index (χ1v) is 12.5. The quantitative estimate of drug-likeness (QED) is 0.500. The third kappa shape index (κ3) is 5.12. The second-order valence-corrected chi connectivity index (χ2v) is 9.46. The average molecular weight is 495 g/mol. The standard InChI is InChI=1S/C25H26N4O5S/c1-16-7-8-18(13-17(16)2)23-26-27-25(34-23)35-15-22(30)28-9-11-29(12-10-28)24(31)21-14-32-19-5-3-4-6-20(19)33-21/h3-8,13,21H,9-12,14-15H2,1-2H3/t21-/m0/s1. The zero-order valence-corrected chi connectivity index (χ0v) is 20.4. The van der Waals surface area contributed by atoms with Crippen molar-refractivity contribution in [2.24, 2.45) is 0 Å². The topological polar surface area (TPSA) is 98.0 Å². The van der Waals surface area contributed by atoms with E-state index in [4.69, 9.17) is 13.9 Å². The van der Waals surface area contributed by atoms with Crippen LogP contribution < -0.4 is 9.47 Å². The molecule has 0 N–H and O–H groups in total. The number of thioether (sulfide) groups is 1. The first-order chi connectivity index (χ1) is 17.0. The van der Waals surface area contributed by atoms with Crippen molar-refractivity contribution in [3.05, 3.63) is 53.6 Å².